The van der Waals surface area contributed by atoms with E-state index in [1.807, 2.05) is 0 Å². The second-order valence-corrected chi connectivity index (χ2v) is 10.1. The normalized spacial score (nSPS) is 12.3. The first-order valence-electron chi connectivity index (χ1n) is 9.96. The van der Waals surface area contributed by atoms with E-state index in [-0.39, 0.29) is 24.2 Å². The van der Waals surface area contributed by atoms with E-state index in [1.165, 1.54) is 17.0 Å². The number of anilines is 1. The van der Waals surface area contributed by atoms with Crippen LogP contribution in [0.15, 0.2) is 48.5 Å². The van der Waals surface area contributed by atoms with Crippen LogP contribution in [0.4, 0.5) is 10.1 Å². The van der Waals surface area contributed by atoms with E-state index in [0.29, 0.717) is 10.6 Å². The monoisotopic (exact) mass is 483 g/mol. The van der Waals surface area contributed by atoms with Crippen molar-refractivity contribution in [1.82, 2.24) is 10.2 Å². The molecule has 0 heterocycles. The van der Waals surface area contributed by atoms with Crippen LogP contribution in [-0.2, 0) is 26.2 Å². The molecule has 1 atom stereocenters. The zero-order valence-corrected chi connectivity index (χ0v) is 20.0. The van der Waals surface area contributed by atoms with Crippen LogP contribution in [0.2, 0.25) is 5.02 Å². The molecule has 7 nitrogen and oxygen atoms in total. The molecule has 2 rings (SSSR count). The molecule has 2 aromatic carbocycles. The first-order chi connectivity index (χ1) is 14.9. The predicted molar refractivity (Wildman–Crippen MR) is 123 cm³/mol. The molecular formula is C22H27ClFN3O4S. The van der Waals surface area contributed by atoms with E-state index in [0.717, 1.165) is 22.7 Å². The summed E-state index contributed by atoms with van der Waals surface area (Å²) in [6.07, 6.45) is 0.958. The van der Waals surface area contributed by atoms with Crippen LogP contribution in [0, 0.1) is 5.82 Å². The zero-order chi connectivity index (χ0) is 24.1. The summed E-state index contributed by atoms with van der Waals surface area (Å²) in [4.78, 5) is 27.2. The number of hydrogen-bond acceptors (Lipinski definition) is 4. The summed E-state index contributed by atoms with van der Waals surface area (Å²) in [5.41, 5.74) is 0.826. The van der Waals surface area contributed by atoms with Crippen molar-refractivity contribution in [3.63, 3.8) is 0 Å². The number of halogens is 2. The van der Waals surface area contributed by atoms with Crippen molar-refractivity contribution in [3.05, 3.63) is 64.9 Å². The maximum Gasteiger partial charge on any atom is 0.244 e. The summed E-state index contributed by atoms with van der Waals surface area (Å²) in [5, 5.41) is 3.23. The minimum atomic E-state index is -3.86. The van der Waals surface area contributed by atoms with Gasteiger partial charge in [0.2, 0.25) is 21.8 Å². The quantitative estimate of drug-likeness (QED) is 0.593. The Bertz CT molecular complexity index is 1060. The molecule has 0 unspecified atom stereocenters. The number of benzene rings is 2. The van der Waals surface area contributed by atoms with Crippen molar-refractivity contribution in [1.29, 1.82) is 0 Å². The van der Waals surface area contributed by atoms with E-state index in [1.54, 1.807) is 45.0 Å². The fourth-order valence-corrected chi connectivity index (χ4v) is 4.10. The van der Waals surface area contributed by atoms with E-state index >= 15 is 0 Å². The molecule has 0 aliphatic carbocycles. The second kappa shape index (κ2) is 10.8. The summed E-state index contributed by atoms with van der Waals surface area (Å²) in [6.45, 7) is 4.67. The number of nitrogens with one attached hydrogen (secondary N) is 1. The highest BCUT2D eigenvalue weighted by Gasteiger charge is 2.30. The maximum atomic E-state index is 13.3. The van der Waals surface area contributed by atoms with Gasteiger partial charge in [-0.25, -0.2) is 12.8 Å². The van der Waals surface area contributed by atoms with Crippen LogP contribution in [-0.4, -0.2) is 50.0 Å². The lowest BCUT2D eigenvalue weighted by molar-refractivity contribution is -0.139. The summed E-state index contributed by atoms with van der Waals surface area (Å²) < 4.78 is 39.0. The van der Waals surface area contributed by atoms with E-state index in [4.69, 9.17) is 11.6 Å². The molecule has 174 valence electrons. The minimum Gasteiger partial charge on any atom is -0.352 e. The van der Waals surface area contributed by atoms with Gasteiger partial charge in [0.15, 0.2) is 0 Å². The van der Waals surface area contributed by atoms with E-state index in [9.17, 15) is 22.4 Å². The zero-order valence-electron chi connectivity index (χ0n) is 18.4. The van der Waals surface area contributed by atoms with Crippen molar-refractivity contribution >= 4 is 39.1 Å². The number of hydrogen-bond donors (Lipinski definition) is 1. The number of sulfonamides is 1. The van der Waals surface area contributed by atoms with Gasteiger partial charge in [0, 0.05) is 17.6 Å². The molecule has 2 amide bonds. The largest absolute Gasteiger partial charge is 0.352 e. The molecule has 0 bridgehead atoms. The van der Waals surface area contributed by atoms with Gasteiger partial charge in [0.05, 0.1) is 11.9 Å². The third-order valence-corrected chi connectivity index (χ3v) is 6.01. The van der Waals surface area contributed by atoms with Crippen LogP contribution >= 0.6 is 11.6 Å². The van der Waals surface area contributed by atoms with Crippen LogP contribution in [0.3, 0.4) is 0 Å². The number of rotatable bonds is 9. The molecule has 32 heavy (non-hydrogen) atoms. The first-order valence-corrected chi connectivity index (χ1v) is 12.2. The standard InChI is InChI=1S/C22H27ClFN3O4S/c1-15(2)25-22(29)16(3)26(13-17-6-5-7-18(23)12-17)21(28)14-27(32(4,30)31)20-10-8-19(24)9-11-20/h5-12,15-16H,13-14H2,1-4H3,(H,25,29)/t16-/m1/s1. The Morgan fingerprint density at radius 3 is 2.25 bits per heavy atom. The summed E-state index contributed by atoms with van der Waals surface area (Å²) in [5.74, 6) is -1.50. The molecule has 0 spiro atoms. The molecule has 0 radical (unpaired) electrons. The van der Waals surface area contributed by atoms with Crippen molar-refractivity contribution in [2.75, 3.05) is 17.1 Å². The Morgan fingerprint density at radius 2 is 1.72 bits per heavy atom. The van der Waals surface area contributed by atoms with Gasteiger partial charge in [-0.05, 0) is 62.7 Å². The van der Waals surface area contributed by atoms with E-state index in [2.05, 4.69) is 5.32 Å². The first kappa shape index (κ1) is 25.6. The smallest absolute Gasteiger partial charge is 0.244 e. The molecule has 0 saturated heterocycles. The van der Waals surface area contributed by atoms with Gasteiger partial charge in [0.1, 0.15) is 18.4 Å². The third-order valence-electron chi connectivity index (χ3n) is 4.63. The average molecular weight is 484 g/mol. The highest BCUT2D eigenvalue weighted by Crippen LogP contribution is 2.20. The van der Waals surface area contributed by atoms with Gasteiger partial charge in [-0.2, -0.15) is 0 Å². The lowest BCUT2D eigenvalue weighted by Gasteiger charge is -2.32. The fourth-order valence-electron chi connectivity index (χ4n) is 3.04. The molecular weight excluding hydrogens is 457 g/mol. The summed E-state index contributed by atoms with van der Waals surface area (Å²) in [7, 11) is -3.86. The van der Waals surface area contributed by atoms with Gasteiger partial charge in [-0.3, -0.25) is 13.9 Å². The Morgan fingerprint density at radius 1 is 1.09 bits per heavy atom. The van der Waals surface area contributed by atoms with Crippen LogP contribution in [0.1, 0.15) is 26.3 Å². The Labute approximate surface area is 193 Å². The topological polar surface area (TPSA) is 86.8 Å². The van der Waals surface area contributed by atoms with E-state index < -0.39 is 34.3 Å². The predicted octanol–water partition coefficient (Wildman–Crippen LogP) is 3.19. The summed E-state index contributed by atoms with van der Waals surface area (Å²) >= 11 is 6.05. The molecule has 0 aliphatic heterocycles. The third kappa shape index (κ3) is 7.20. The Hall–Kier alpha value is -2.65. The maximum absolute atomic E-state index is 13.3. The lowest BCUT2D eigenvalue weighted by atomic mass is 10.1. The SMILES string of the molecule is CC(C)NC(=O)[C@@H](C)N(Cc1cccc(Cl)c1)C(=O)CN(c1ccc(F)cc1)S(C)(=O)=O. The Balaban J connectivity index is 2.38. The van der Waals surface area contributed by atoms with Gasteiger partial charge in [0.25, 0.3) is 0 Å². The average Bonchev–Trinajstić information content (AvgIpc) is 2.69. The van der Waals surface area contributed by atoms with Crippen LogP contribution < -0.4 is 9.62 Å². The van der Waals surface area contributed by atoms with Crippen molar-refractivity contribution in [2.24, 2.45) is 0 Å². The van der Waals surface area contributed by atoms with Crippen LogP contribution in [0.25, 0.3) is 0 Å². The van der Waals surface area contributed by atoms with Crippen molar-refractivity contribution in [3.8, 4) is 0 Å². The molecule has 10 heteroatoms. The molecule has 0 aromatic heterocycles. The Kier molecular flexibility index (Phi) is 8.63. The van der Waals surface area contributed by atoms with Gasteiger partial charge in [-0.15, -0.1) is 0 Å². The number of carbonyl (C=O) groups is 2. The molecule has 0 saturated carbocycles. The molecule has 2 aromatic rings. The van der Waals surface area contributed by atoms with Crippen molar-refractivity contribution < 1.29 is 22.4 Å². The van der Waals surface area contributed by atoms with Gasteiger partial charge in [-0.1, -0.05) is 23.7 Å². The lowest BCUT2D eigenvalue weighted by Crippen LogP contribution is -2.52. The fraction of sp³-hybridized carbons (Fsp3) is 0.364. The highest BCUT2D eigenvalue weighted by atomic mass is 35.5. The number of amides is 2. The minimum absolute atomic E-state index is 0.0487. The number of carbonyl (C=O) groups excluding carboxylic acids is 2. The van der Waals surface area contributed by atoms with Crippen molar-refractivity contribution in [2.45, 2.75) is 39.4 Å². The second-order valence-electron chi connectivity index (χ2n) is 7.74. The van der Waals surface area contributed by atoms with Gasteiger partial charge < -0.3 is 10.2 Å². The van der Waals surface area contributed by atoms with Crippen LogP contribution in [0.5, 0.6) is 0 Å². The number of nitrogens with zero attached hydrogens (tertiary/aromatic N) is 2. The summed E-state index contributed by atoms with van der Waals surface area (Å²) in [6, 6.07) is 10.6. The highest BCUT2D eigenvalue weighted by molar-refractivity contribution is 7.92. The molecule has 0 aliphatic rings. The molecule has 1 N–H and O–H groups in total. The molecule has 0 fully saturated rings. The van der Waals surface area contributed by atoms with Gasteiger partial charge >= 0.3 is 0 Å².